The van der Waals surface area contributed by atoms with Gasteiger partial charge in [-0.2, -0.15) is 0 Å². The minimum atomic E-state index is -1.10. The van der Waals surface area contributed by atoms with E-state index in [1.54, 1.807) is 4.90 Å². The molecule has 0 saturated carbocycles. The minimum absolute atomic E-state index is 0.0829. The summed E-state index contributed by atoms with van der Waals surface area (Å²) in [5, 5.41) is 14.9. The van der Waals surface area contributed by atoms with Crippen LogP contribution in [0.25, 0.3) is 0 Å². The number of amides is 3. The third kappa shape index (κ3) is 8.94. The van der Waals surface area contributed by atoms with Crippen molar-refractivity contribution in [2.24, 2.45) is 11.7 Å². The molecule has 0 radical (unpaired) electrons. The summed E-state index contributed by atoms with van der Waals surface area (Å²) in [4.78, 5) is 39.4. The van der Waals surface area contributed by atoms with E-state index in [0.717, 1.165) is 11.1 Å². The number of carboxylic acid groups (broad SMARTS) is 1. The molecule has 3 amide bonds. The molecule has 0 heterocycles. The highest BCUT2D eigenvalue weighted by molar-refractivity contribution is 5.90. The van der Waals surface area contributed by atoms with Crippen LogP contribution in [0.1, 0.15) is 31.4 Å². The fraction of sp³-hybridized carbons (Fsp3) is 0.400. The minimum Gasteiger partial charge on any atom is -0.480 e. The molecule has 2 aromatic carbocycles. The van der Waals surface area contributed by atoms with E-state index in [1.165, 1.54) is 0 Å². The Morgan fingerprint density at radius 1 is 0.909 bits per heavy atom. The maximum atomic E-state index is 13.1. The zero-order valence-corrected chi connectivity index (χ0v) is 19.2. The lowest BCUT2D eigenvalue weighted by Gasteiger charge is -2.27. The molecule has 0 aromatic heterocycles. The first kappa shape index (κ1) is 25.9. The molecular weight excluding hydrogens is 420 g/mol. The fourth-order valence-electron chi connectivity index (χ4n) is 3.48. The average Bonchev–Trinajstić information content (AvgIpc) is 2.78. The second kappa shape index (κ2) is 13.2. The van der Waals surface area contributed by atoms with E-state index >= 15 is 0 Å². The van der Waals surface area contributed by atoms with Gasteiger partial charge in [-0.15, -0.1) is 0 Å². The van der Waals surface area contributed by atoms with Gasteiger partial charge in [0.2, 0.25) is 5.91 Å². The number of carbonyl (C=O) groups is 3. The Kier molecular flexibility index (Phi) is 10.4. The van der Waals surface area contributed by atoms with E-state index in [1.807, 2.05) is 74.5 Å². The lowest BCUT2D eigenvalue weighted by atomic mass is 10.0. The largest absolute Gasteiger partial charge is 0.480 e. The Morgan fingerprint density at radius 2 is 1.48 bits per heavy atom. The number of carbonyl (C=O) groups excluding carboxylic acids is 2. The molecule has 5 N–H and O–H groups in total. The van der Waals surface area contributed by atoms with Crippen molar-refractivity contribution in [3.8, 4) is 0 Å². The van der Waals surface area contributed by atoms with E-state index < -0.39 is 30.0 Å². The molecule has 0 spiro atoms. The van der Waals surface area contributed by atoms with Crippen molar-refractivity contribution < 1.29 is 19.5 Å². The third-order valence-electron chi connectivity index (χ3n) is 5.12. The molecule has 178 valence electrons. The van der Waals surface area contributed by atoms with Gasteiger partial charge in [0.05, 0.1) is 0 Å². The Hall–Kier alpha value is -3.39. The predicted molar refractivity (Wildman–Crippen MR) is 127 cm³/mol. The molecule has 0 saturated heterocycles. The maximum absolute atomic E-state index is 13.1. The lowest BCUT2D eigenvalue weighted by molar-refractivity contribution is -0.142. The summed E-state index contributed by atoms with van der Waals surface area (Å²) in [6, 6.07) is 16.4. The first-order valence-corrected chi connectivity index (χ1v) is 11.2. The second-order valence-corrected chi connectivity index (χ2v) is 8.42. The highest BCUT2D eigenvalue weighted by atomic mass is 16.4. The molecule has 0 bridgehead atoms. The van der Waals surface area contributed by atoms with Gasteiger partial charge in [-0.3, -0.25) is 4.79 Å². The van der Waals surface area contributed by atoms with E-state index in [0.29, 0.717) is 19.5 Å². The van der Waals surface area contributed by atoms with Gasteiger partial charge in [0.25, 0.3) is 0 Å². The van der Waals surface area contributed by atoms with Crippen molar-refractivity contribution in [3.63, 3.8) is 0 Å². The summed E-state index contributed by atoms with van der Waals surface area (Å²) in [6.07, 6.45) is 0.522. The van der Waals surface area contributed by atoms with Gasteiger partial charge in [-0.1, -0.05) is 74.5 Å². The number of hydrogen-bond donors (Lipinski definition) is 4. The smallest absolute Gasteiger partial charge is 0.326 e. The molecule has 0 aliphatic heterocycles. The van der Waals surface area contributed by atoms with Crippen molar-refractivity contribution in [1.29, 1.82) is 0 Å². The topological polar surface area (TPSA) is 125 Å². The van der Waals surface area contributed by atoms with Crippen LogP contribution in [-0.4, -0.2) is 53.1 Å². The molecule has 0 fully saturated rings. The van der Waals surface area contributed by atoms with Gasteiger partial charge in [0, 0.05) is 26.1 Å². The number of aliphatic carboxylic acids is 1. The maximum Gasteiger partial charge on any atom is 0.326 e. The first-order valence-electron chi connectivity index (χ1n) is 11.2. The van der Waals surface area contributed by atoms with Crippen molar-refractivity contribution in [3.05, 3.63) is 71.8 Å². The molecule has 0 aliphatic rings. The van der Waals surface area contributed by atoms with Crippen LogP contribution in [0.3, 0.4) is 0 Å². The van der Waals surface area contributed by atoms with E-state index in [2.05, 4.69) is 10.6 Å². The summed E-state index contributed by atoms with van der Waals surface area (Å²) in [6.45, 7) is 4.70. The van der Waals surface area contributed by atoms with Crippen LogP contribution in [0, 0.1) is 5.92 Å². The predicted octanol–water partition coefficient (Wildman–Crippen LogP) is 2.38. The van der Waals surface area contributed by atoms with Crippen molar-refractivity contribution in [1.82, 2.24) is 15.5 Å². The second-order valence-electron chi connectivity index (χ2n) is 8.42. The molecule has 8 nitrogen and oxygen atoms in total. The highest BCUT2D eigenvalue weighted by Crippen LogP contribution is 2.10. The molecule has 8 heteroatoms. The van der Waals surface area contributed by atoms with Crippen molar-refractivity contribution >= 4 is 17.9 Å². The monoisotopic (exact) mass is 454 g/mol. The standard InChI is InChI=1S/C25H34N4O4/c1-18(2)15-22(24(31)32)27-23(30)21(16-19-9-5-3-6-10-19)28-25(33)29(14-13-26)17-20-11-7-4-8-12-20/h3-12,18,21-22H,13-17,26H2,1-2H3,(H,27,30)(H,28,33)(H,31,32)/t21-,22?/m1/s1. The normalized spacial score (nSPS) is 12.6. The first-order chi connectivity index (χ1) is 15.8. The van der Waals surface area contributed by atoms with Crippen LogP contribution >= 0.6 is 0 Å². The molecular formula is C25H34N4O4. The van der Waals surface area contributed by atoms with Gasteiger partial charge >= 0.3 is 12.0 Å². The third-order valence-corrected chi connectivity index (χ3v) is 5.12. The zero-order valence-electron chi connectivity index (χ0n) is 19.2. The van der Waals surface area contributed by atoms with Crippen molar-refractivity contribution in [2.75, 3.05) is 13.1 Å². The van der Waals surface area contributed by atoms with Gasteiger partial charge in [-0.25, -0.2) is 9.59 Å². The number of nitrogens with one attached hydrogen (secondary N) is 2. The zero-order chi connectivity index (χ0) is 24.2. The number of carboxylic acids is 1. The number of nitrogens with two attached hydrogens (primary N) is 1. The summed E-state index contributed by atoms with van der Waals surface area (Å²) in [5.41, 5.74) is 7.50. The van der Waals surface area contributed by atoms with Crippen LogP contribution in [0.2, 0.25) is 0 Å². The number of nitrogens with zero attached hydrogens (tertiary/aromatic N) is 1. The molecule has 1 unspecified atom stereocenters. The van der Waals surface area contributed by atoms with E-state index in [4.69, 9.17) is 5.73 Å². The Bertz CT molecular complexity index is 890. The van der Waals surface area contributed by atoms with Crippen LogP contribution in [0.15, 0.2) is 60.7 Å². The average molecular weight is 455 g/mol. The molecule has 0 aliphatic carbocycles. The Balaban J connectivity index is 2.19. The number of hydrogen-bond acceptors (Lipinski definition) is 4. The highest BCUT2D eigenvalue weighted by Gasteiger charge is 2.28. The van der Waals surface area contributed by atoms with Gasteiger partial charge in [-0.05, 0) is 23.5 Å². The quantitative estimate of drug-likeness (QED) is 0.392. The van der Waals surface area contributed by atoms with Crippen LogP contribution < -0.4 is 16.4 Å². The fourth-order valence-corrected chi connectivity index (χ4v) is 3.48. The van der Waals surface area contributed by atoms with Crippen LogP contribution in [0.5, 0.6) is 0 Å². The SMILES string of the molecule is CC(C)CC(NC(=O)[C@@H](Cc1ccccc1)NC(=O)N(CCN)Cc1ccccc1)C(=O)O. The van der Waals surface area contributed by atoms with Gasteiger partial charge < -0.3 is 26.4 Å². The van der Waals surface area contributed by atoms with Gasteiger partial charge in [0.1, 0.15) is 12.1 Å². The summed E-state index contributed by atoms with van der Waals surface area (Å²) in [5.74, 6) is -1.55. The van der Waals surface area contributed by atoms with Crippen molar-refractivity contribution in [2.45, 2.75) is 45.3 Å². The summed E-state index contributed by atoms with van der Waals surface area (Å²) >= 11 is 0. The van der Waals surface area contributed by atoms with E-state index in [9.17, 15) is 19.5 Å². The summed E-state index contributed by atoms with van der Waals surface area (Å²) in [7, 11) is 0. The Labute approximate surface area is 195 Å². The van der Waals surface area contributed by atoms with Crippen LogP contribution in [0.4, 0.5) is 4.79 Å². The lowest BCUT2D eigenvalue weighted by Crippen LogP contribution is -2.55. The number of benzene rings is 2. The molecule has 33 heavy (non-hydrogen) atoms. The molecule has 2 atom stereocenters. The summed E-state index contributed by atoms with van der Waals surface area (Å²) < 4.78 is 0. The Morgan fingerprint density at radius 3 is 2.00 bits per heavy atom. The van der Waals surface area contributed by atoms with Gasteiger partial charge in [0.15, 0.2) is 0 Å². The molecule has 2 rings (SSSR count). The van der Waals surface area contributed by atoms with Crippen LogP contribution in [-0.2, 0) is 22.6 Å². The number of rotatable bonds is 12. The number of urea groups is 1. The molecule has 2 aromatic rings. The van der Waals surface area contributed by atoms with E-state index in [-0.39, 0.29) is 18.9 Å².